The summed E-state index contributed by atoms with van der Waals surface area (Å²) in [6, 6.07) is 0. The topological polar surface area (TPSA) is 102 Å². The number of carboxylic acid groups (broad SMARTS) is 1. The Bertz CT molecular complexity index is 321. The first kappa shape index (κ1) is 23.2. The molecule has 0 radical (unpaired) electrons. The van der Waals surface area contributed by atoms with E-state index in [0.717, 1.165) is 25.9 Å². The Morgan fingerprint density at radius 3 is 1.73 bits per heavy atom. The van der Waals surface area contributed by atoms with Crippen LogP contribution in [-0.2, 0) is 38.0 Å². The lowest BCUT2D eigenvalue weighted by Gasteiger charge is -2.22. The Kier molecular flexibility index (Phi) is 15.7. The fourth-order valence-electron chi connectivity index (χ4n) is 2.12. The van der Waals surface area contributed by atoms with Gasteiger partial charge in [0.1, 0.15) is 6.61 Å². The average molecular weight is 380 g/mol. The van der Waals surface area contributed by atoms with E-state index >= 15 is 0 Å². The van der Waals surface area contributed by atoms with Crippen molar-refractivity contribution in [2.24, 2.45) is 0 Å². The maximum Gasteiger partial charge on any atom is 0.329 e. The Hall–Kier alpha value is -0.810. The normalized spacial score (nSPS) is 17.5. The highest BCUT2D eigenvalue weighted by atomic mass is 16.7. The van der Waals surface area contributed by atoms with Crippen LogP contribution in [0, 0.1) is 0 Å². The molecule has 0 aliphatic carbocycles. The van der Waals surface area contributed by atoms with Crippen LogP contribution >= 0.6 is 0 Å². The van der Waals surface area contributed by atoms with E-state index in [0.29, 0.717) is 59.5 Å². The standard InChI is InChI=1S/C17H32O9/c18-16(19)15-24-12-11-22-8-7-20-5-6-21-9-10-23-13-14-26-17-3-1-2-4-25-17/h17H,1-15H2,(H,18,19). The van der Waals surface area contributed by atoms with Gasteiger partial charge in [0.2, 0.25) is 0 Å². The van der Waals surface area contributed by atoms with Gasteiger partial charge in [-0.3, -0.25) is 0 Å². The van der Waals surface area contributed by atoms with Gasteiger partial charge in [0.05, 0.1) is 66.1 Å². The van der Waals surface area contributed by atoms with E-state index in [1.165, 1.54) is 0 Å². The van der Waals surface area contributed by atoms with Crippen LogP contribution in [0.2, 0.25) is 0 Å². The van der Waals surface area contributed by atoms with Gasteiger partial charge in [-0.2, -0.15) is 0 Å². The number of hydrogen-bond acceptors (Lipinski definition) is 8. The van der Waals surface area contributed by atoms with E-state index in [2.05, 4.69) is 0 Å². The van der Waals surface area contributed by atoms with E-state index in [1.54, 1.807) is 0 Å². The number of carboxylic acids is 1. The van der Waals surface area contributed by atoms with Crippen molar-refractivity contribution in [3.8, 4) is 0 Å². The molecule has 0 aromatic heterocycles. The minimum Gasteiger partial charge on any atom is -0.480 e. The molecule has 0 aromatic carbocycles. The molecule has 9 heteroatoms. The van der Waals surface area contributed by atoms with Crippen LogP contribution in [0.5, 0.6) is 0 Å². The van der Waals surface area contributed by atoms with E-state index in [9.17, 15) is 4.79 Å². The highest BCUT2D eigenvalue weighted by Gasteiger charge is 2.13. The fourth-order valence-corrected chi connectivity index (χ4v) is 2.12. The van der Waals surface area contributed by atoms with Gasteiger partial charge in [-0.25, -0.2) is 4.79 Å². The summed E-state index contributed by atoms with van der Waals surface area (Å²) in [5.41, 5.74) is 0. The second-order valence-electron chi connectivity index (χ2n) is 5.56. The lowest BCUT2D eigenvalue weighted by Crippen LogP contribution is -2.24. The summed E-state index contributed by atoms with van der Waals surface area (Å²) < 4.78 is 37.2. The Labute approximate surface area is 154 Å². The van der Waals surface area contributed by atoms with Gasteiger partial charge < -0.3 is 38.3 Å². The van der Waals surface area contributed by atoms with Crippen molar-refractivity contribution < 1.29 is 43.1 Å². The van der Waals surface area contributed by atoms with Gasteiger partial charge in [-0.15, -0.1) is 0 Å². The second-order valence-corrected chi connectivity index (χ2v) is 5.56. The predicted octanol–water partition coefficient (Wildman–Crippen LogP) is 0.697. The third-order valence-corrected chi connectivity index (χ3v) is 3.38. The molecule has 1 rings (SSSR count). The molecule has 9 nitrogen and oxygen atoms in total. The molecule has 26 heavy (non-hydrogen) atoms. The molecular formula is C17H32O9. The van der Waals surface area contributed by atoms with Gasteiger partial charge >= 0.3 is 5.97 Å². The Morgan fingerprint density at radius 1 is 0.769 bits per heavy atom. The molecule has 0 bridgehead atoms. The van der Waals surface area contributed by atoms with Crippen LogP contribution in [0.1, 0.15) is 19.3 Å². The maximum absolute atomic E-state index is 10.2. The molecule has 1 unspecified atom stereocenters. The summed E-state index contributed by atoms with van der Waals surface area (Å²) >= 11 is 0. The van der Waals surface area contributed by atoms with Crippen molar-refractivity contribution in [1.82, 2.24) is 0 Å². The van der Waals surface area contributed by atoms with Crippen LogP contribution in [0.3, 0.4) is 0 Å². The first-order chi connectivity index (χ1) is 12.8. The Balaban J connectivity index is 1.66. The summed E-state index contributed by atoms with van der Waals surface area (Å²) in [5, 5.41) is 8.36. The lowest BCUT2D eigenvalue weighted by atomic mass is 10.2. The molecule has 0 amide bonds. The van der Waals surface area contributed by atoms with Gasteiger partial charge in [0, 0.05) is 6.61 Å². The van der Waals surface area contributed by atoms with Crippen molar-refractivity contribution in [1.29, 1.82) is 0 Å². The summed E-state index contributed by atoms with van der Waals surface area (Å²) in [5.74, 6) is -0.985. The van der Waals surface area contributed by atoms with Crippen LogP contribution in [0.15, 0.2) is 0 Å². The average Bonchev–Trinajstić information content (AvgIpc) is 2.65. The SMILES string of the molecule is O=C(O)COCCOCCOCCOCCOCCOC1CCCCO1. The molecule has 154 valence electrons. The second kappa shape index (κ2) is 17.6. The molecule has 1 saturated heterocycles. The van der Waals surface area contributed by atoms with Gasteiger partial charge in [-0.1, -0.05) is 0 Å². The maximum atomic E-state index is 10.2. The number of hydrogen-bond donors (Lipinski definition) is 1. The third-order valence-electron chi connectivity index (χ3n) is 3.38. The van der Waals surface area contributed by atoms with Crippen LogP contribution in [-0.4, -0.2) is 96.6 Å². The number of aliphatic carboxylic acids is 1. The molecule has 1 N–H and O–H groups in total. The van der Waals surface area contributed by atoms with Crippen molar-refractivity contribution in [3.05, 3.63) is 0 Å². The summed E-state index contributed by atoms with van der Waals surface area (Å²) in [6.07, 6.45) is 3.18. The summed E-state index contributed by atoms with van der Waals surface area (Å²) in [7, 11) is 0. The van der Waals surface area contributed by atoms with Crippen LogP contribution < -0.4 is 0 Å². The molecule has 0 saturated carbocycles. The van der Waals surface area contributed by atoms with Gasteiger partial charge in [0.25, 0.3) is 0 Å². The largest absolute Gasteiger partial charge is 0.480 e. The van der Waals surface area contributed by atoms with E-state index in [4.69, 9.17) is 38.3 Å². The molecule has 0 spiro atoms. The number of ether oxygens (including phenoxy) is 7. The smallest absolute Gasteiger partial charge is 0.329 e. The predicted molar refractivity (Wildman–Crippen MR) is 91.3 cm³/mol. The summed E-state index contributed by atoms with van der Waals surface area (Å²) in [4.78, 5) is 10.2. The molecule has 1 atom stereocenters. The zero-order valence-corrected chi connectivity index (χ0v) is 15.4. The molecule has 1 fully saturated rings. The zero-order valence-electron chi connectivity index (χ0n) is 15.4. The Morgan fingerprint density at radius 2 is 1.27 bits per heavy atom. The first-order valence-electron chi connectivity index (χ1n) is 9.13. The van der Waals surface area contributed by atoms with Crippen LogP contribution in [0.25, 0.3) is 0 Å². The first-order valence-corrected chi connectivity index (χ1v) is 9.13. The molecular weight excluding hydrogens is 348 g/mol. The molecule has 1 aliphatic heterocycles. The summed E-state index contributed by atoms with van der Waals surface area (Å²) in [6.45, 7) is 5.08. The van der Waals surface area contributed by atoms with Crippen molar-refractivity contribution in [2.75, 3.05) is 79.3 Å². The highest BCUT2D eigenvalue weighted by Crippen LogP contribution is 2.13. The number of carbonyl (C=O) groups is 1. The molecule has 1 aliphatic rings. The minimum atomic E-state index is -0.985. The van der Waals surface area contributed by atoms with Crippen molar-refractivity contribution >= 4 is 5.97 Å². The fraction of sp³-hybridized carbons (Fsp3) is 0.941. The van der Waals surface area contributed by atoms with Gasteiger partial charge in [-0.05, 0) is 19.3 Å². The molecule has 0 aromatic rings. The third kappa shape index (κ3) is 15.4. The van der Waals surface area contributed by atoms with Crippen molar-refractivity contribution in [3.63, 3.8) is 0 Å². The van der Waals surface area contributed by atoms with Crippen LogP contribution in [0.4, 0.5) is 0 Å². The zero-order chi connectivity index (χ0) is 18.7. The van der Waals surface area contributed by atoms with E-state index < -0.39 is 5.97 Å². The van der Waals surface area contributed by atoms with E-state index in [-0.39, 0.29) is 19.5 Å². The molecule has 1 heterocycles. The quantitative estimate of drug-likeness (QED) is 0.344. The minimum absolute atomic E-state index is 0.0676. The highest BCUT2D eigenvalue weighted by molar-refractivity contribution is 5.67. The van der Waals surface area contributed by atoms with Crippen molar-refractivity contribution in [2.45, 2.75) is 25.6 Å². The lowest BCUT2D eigenvalue weighted by molar-refractivity contribution is -0.169. The monoisotopic (exact) mass is 380 g/mol. The van der Waals surface area contributed by atoms with Gasteiger partial charge in [0.15, 0.2) is 6.29 Å². The van der Waals surface area contributed by atoms with E-state index in [1.807, 2.05) is 0 Å². The number of rotatable bonds is 18.